The van der Waals surface area contributed by atoms with E-state index in [4.69, 9.17) is 23.2 Å². The van der Waals surface area contributed by atoms with Gasteiger partial charge in [0.25, 0.3) is 11.8 Å². The number of aromatic hydroxyl groups is 1. The molecule has 7 nitrogen and oxygen atoms in total. The molecular formula is C36H24BrCl2FN2O5. The Hall–Kier alpha value is -4.05. The van der Waals surface area contributed by atoms with Crippen molar-refractivity contribution in [3.8, 4) is 5.75 Å². The van der Waals surface area contributed by atoms with Crippen LogP contribution in [0.3, 0.4) is 0 Å². The van der Waals surface area contributed by atoms with Crippen LogP contribution in [0.15, 0.2) is 101 Å². The van der Waals surface area contributed by atoms with Crippen molar-refractivity contribution >= 4 is 84.9 Å². The monoisotopic (exact) mass is 732 g/mol. The van der Waals surface area contributed by atoms with Gasteiger partial charge in [0.2, 0.25) is 11.8 Å². The summed E-state index contributed by atoms with van der Waals surface area (Å²) in [4.78, 5) is 54.9. The van der Waals surface area contributed by atoms with Crippen molar-refractivity contribution in [2.45, 2.75) is 28.5 Å². The molecule has 0 radical (unpaired) electrons. The molecule has 4 aliphatic rings. The van der Waals surface area contributed by atoms with Crippen molar-refractivity contribution < 1.29 is 28.7 Å². The molecule has 4 amide bonds. The highest BCUT2D eigenvalue weighted by Crippen LogP contribution is 2.66. The normalized spacial score (nSPS) is 30.0. The quantitative estimate of drug-likeness (QED) is 0.136. The van der Waals surface area contributed by atoms with E-state index in [2.05, 4.69) is 15.9 Å². The first-order valence-electron chi connectivity index (χ1n) is 15.0. The Morgan fingerprint density at radius 1 is 0.787 bits per heavy atom. The molecule has 47 heavy (non-hydrogen) atoms. The summed E-state index contributed by atoms with van der Waals surface area (Å²) >= 11 is 18.2. The average molecular weight is 734 g/mol. The summed E-state index contributed by atoms with van der Waals surface area (Å²) in [6.45, 7) is 0. The summed E-state index contributed by atoms with van der Waals surface area (Å²) in [6.07, 6.45) is 1.79. The molecule has 6 unspecified atom stereocenters. The number of carbonyl (C=O) groups is 4. The fourth-order valence-corrected chi connectivity index (χ4v) is 9.28. The Balaban J connectivity index is 1.33. The Labute approximate surface area is 286 Å². The first-order valence-corrected chi connectivity index (χ1v) is 16.6. The number of nitrogens with zero attached hydrogens (tertiary/aromatic N) is 2. The van der Waals surface area contributed by atoms with Gasteiger partial charge in [0.15, 0.2) is 9.75 Å². The van der Waals surface area contributed by atoms with Gasteiger partial charge in [0.05, 0.1) is 23.2 Å². The molecule has 11 heteroatoms. The van der Waals surface area contributed by atoms with Crippen LogP contribution < -0.4 is 9.80 Å². The molecule has 0 spiro atoms. The molecule has 236 valence electrons. The second-order valence-corrected chi connectivity index (χ2v) is 14.6. The van der Waals surface area contributed by atoms with Crippen LogP contribution in [0.2, 0.25) is 0 Å². The summed E-state index contributed by atoms with van der Waals surface area (Å²) in [7, 11) is 0. The van der Waals surface area contributed by atoms with E-state index in [1.54, 1.807) is 48.5 Å². The van der Waals surface area contributed by atoms with Gasteiger partial charge in [-0.25, -0.2) is 9.29 Å². The van der Waals surface area contributed by atoms with Gasteiger partial charge in [0, 0.05) is 21.3 Å². The topological polar surface area (TPSA) is 95.0 Å². The fraction of sp³-hybridized carbons (Fsp3) is 0.222. The van der Waals surface area contributed by atoms with Crippen molar-refractivity contribution in [1.82, 2.24) is 0 Å². The second-order valence-electron chi connectivity index (χ2n) is 12.5. The first kappa shape index (κ1) is 30.3. The van der Waals surface area contributed by atoms with E-state index in [0.717, 1.165) is 26.9 Å². The maximum atomic E-state index is 14.6. The lowest BCUT2D eigenvalue weighted by atomic mass is 9.56. The average Bonchev–Trinajstić information content (AvgIpc) is 3.40. The molecule has 2 aliphatic heterocycles. The van der Waals surface area contributed by atoms with Crippen LogP contribution in [0.5, 0.6) is 5.75 Å². The standard InChI is InChI=1S/C36H24BrCl2FN2O5/c37-19-6-10-21(11-7-19)41-31(44)25-16-15-24-27(28(25)32(41)45)17-35(38)33(46)42(22-12-8-20(40)9-13-22)34(47)36(35,39)29(24)26-14-5-18-3-1-2-4-23(18)30(26)43/h1-15,25,27-29,43H,16-17H2. The highest BCUT2D eigenvalue weighted by atomic mass is 79.9. The third-order valence-electron chi connectivity index (χ3n) is 10.2. The minimum Gasteiger partial charge on any atom is -0.507 e. The third-order valence-corrected chi connectivity index (χ3v) is 12.2. The number of phenols is 1. The number of benzene rings is 4. The largest absolute Gasteiger partial charge is 0.507 e. The predicted molar refractivity (Wildman–Crippen MR) is 179 cm³/mol. The molecule has 1 saturated carbocycles. The molecule has 3 fully saturated rings. The number of imide groups is 2. The van der Waals surface area contributed by atoms with E-state index >= 15 is 0 Å². The SMILES string of the molecule is O=C1C2CC=C3C(CC4(Cl)C(=O)N(c5ccc(F)cc5)C(=O)C4(Cl)C3c3ccc4ccccc4c3O)C2C(=O)N1c1ccc(Br)cc1. The third kappa shape index (κ3) is 4.03. The smallest absolute Gasteiger partial charge is 0.258 e. The Bertz CT molecular complexity index is 2090. The highest BCUT2D eigenvalue weighted by Gasteiger charge is 2.77. The van der Waals surface area contributed by atoms with Crippen LogP contribution in [0.4, 0.5) is 15.8 Å². The lowest BCUT2D eigenvalue weighted by Gasteiger charge is -2.50. The van der Waals surface area contributed by atoms with E-state index in [1.807, 2.05) is 18.2 Å². The number of halogens is 4. The van der Waals surface area contributed by atoms with Gasteiger partial charge in [-0.3, -0.25) is 24.1 Å². The second kappa shape index (κ2) is 10.5. The minimum atomic E-state index is -2.15. The van der Waals surface area contributed by atoms with Crippen LogP contribution in [0, 0.1) is 23.6 Å². The van der Waals surface area contributed by atoms with Crippen molar-refractivity contribution in [2.75, 3.05) is 9.80 Å². The fourth-order valence-electron chi connectivity index (χ4n) is 8.09. The number of alkyl halides is 2. The van der Waals surface area contributed by atoms with E-state index in [-0.39, 0.29) is 35.7 Å². The van der Waals surface area contributed by atoms with Gasteiger partial charge in [-0.05, 0) is 72.7 Å². The first-order chi connectivity index (χ1) is 22.5. The molecule has 4 aromatic carbocycles. The Morgan fingerprint density at radius 2 is 1.45 bits per heavy atom. The summed E-state index contributed by atoms with van der Waals surface area (Å²) in [5.74, 6) is -6.69. The van der Waals surface area contributed by atoms with E-state index < -0.39 is 57.0 Å². The Morgan fingerprint density at radius 3 is 2.17 bits per heavy atom. The van der Waals surface area contributed by atoms with E-state index in [1.165, 1.54) is 17.0 Å². The minimum absolute atomic E-state index is 0.0840. The van der Waals surface area contributed by atoms with Crippen molar-refractivity contribution in [1.29, 1.82) is 0 Å². The number of carbonyl (C=O) groups excluding carboxylic acids is 4. The van der Waals surface area contributed by atoms with Gasteiger partial charge in [0.1, 0.15) is 11.6 Å². The molecular weight excluding hydrogens is 710 g/mol. The molecule has 4 aromatic rings. The number of amides is 4. The van der Waals surface area contributed by atoms with Crippen LogP contribution >= 0.6 is 39.1 Å². The van der Waals surface area contributed by atoms with Gasteiger partial charge in [-0.2, -0.15) is 0 Å². The maximum Gasteiger partial charge on any atom is 0.258 e. The van der Waals surface area contributed by atoms with Crippen molar-refractivity contribution in [3.63, 3.8) is 0 Å². The lowest BCUT2D eigenvalue weighted by Crippen LogP contribution is -2.60. The number of anilines is 2. The van der Waals surface area contributed by atoms with Crippen molar-refractivity contribution in [2.24, 2.45) is 17.8 Å². The molecule has 6 atom stereocenters. The number of hydrogen-bond acceptors (Lipinski definition) is 5. The molecule has 2 aliphatic carbocycles. The molecule has 0 bridgehead atoms. The zero-order chi connectivity index (χ0) is 33.0. The van der Waals surface area contributed by atoms with Gasteiger partial charge in [-0.15, -0.1) is 23.2 Å². The van der Waals surface area contributed by atoms with Gasteiger partial charge < -0.3 is 5.11 Å². The molecule has 2 heterocycles. The Kier molecular flexibility index (Phi) is 6.75. The maximum absolute atomic E-state index is 14.6. The molecule has 1 N–H and O–H groups in total. The van der Waals surface area contributed by atoms with Gasteiger partial charge in [-0.1, -0.05) is 64.0 Å². The van der Waals surface area contributed by atoms with Crippen LogP contribution in [0.1, 0.15) is 24.3 Å². The van der Waals surface area contributed by atoms with Crippen molar-refractivity contribution in [3.05, 3.63) is 112 Å². The highest BCUT2D eigenvalue weighted by molar-refractivity contribution is 9.10. The molecule has 8 rings (SSSR count). The summed E-state index contributed by atoms with van der Waals surface area (Å²) in [6, 6.07) is 22.3. The van der Waals surface area contributed by atoms with Crippen LogP contribution in [-0.4, -0.2) is 38.5 Å². The number of phenolic OH excluding ortho intramolecular Hbond substituents is 1. The van der Waals surface area contributed by atoms with E-state index in [9.17, 15) is 28.7 Å². The number of fused-ring (bicyclic) bond motifs is 5. The van der Waals surface area contributed by atoms with Crippen LogP contribution in [-0.2, 0) is 19.2 Å². The number of hydrogen-bond donors (Lipinski definition) is 1. The lowest BCUT2D eigenvalue weighted by molar-refractivity contribution is -0.125. The van der Waals surface area contributed by atoms with Gasteiger partial charge >= 0.3 is 0 Å². The summed E-state index contributed by atoms with van der Waals surface area (Å²) < 4.78 is 14.7. The predicted octanol–water partition coefficient (Wildman–Crippen LogP) is 7.22. The van der Waals surface area contributed by atoms with Crippen LogP contribution in [0.25, 0.3) is 10.8 Å². The zero-order valence-electron chi connectivity index (χ0n) is 24.4. The summed E-state index contributed by atoms with van der Waals surface area (Å²) in [5.41, 5.74) is 1.33. The molecule has 0 aromatic heterocycles. The number of allylic oxidation sites excluding steroid dienone is 2. The molecule has 2 saturated heterocycles. The zero-order valence-corrected chi connectivity index (χ0v) is 27.5. The number of rotatable bonds is 3. The van der Waals surface area contributed by atoms with E-state index in [0.29, 0.717) is 16.6 Å². The summed E-state index contributed by atoms with van der Waals surface area (Å²) in [5, 5.41) is 13.0.